The first-order valence-corrected chi connectivity index (χ1v) is 4.49. The van der Waals surface area contributed by atoms with E-state index in [9.17, 15) is 4.79 Å². The van der Waals surface area contributed by atoms with Gasteiger partial charge in [0, 0.05) is 12.5 Å². The van der Waals surface area contributed by atoms with E-state index in [2.05, 4.69) is 15.9 Å². The highest BCUT2D eigenvalue weighted by atomic mass is 79.9. The van der Waals surface area contributed by atoms with Gasteiger partial charge in [0.05, 0.1) is 4.95 Å². The third-order valence-corrected chi connectivity index (χ3v) is 2.64. The highest BCUT2D eigenvalue weighted by Gasteiger charge is 2.30. The molecule has 0 aliphatic carbocycles. The first-order valence-electron chi connectivity index (χ1n) is 3.58. The lowest BCUT2D eigenvalue weighted by atomic mass is 10.3. The van der Waals surface area contributed by atoms with Crippen molar-refractivity contribution < 1.29 is 4.79 Å². The maximum atomic E-state index is 11.1. The molecule has 0 aromatic heterocycles. The highest BCUT2D eigenvalue weighted by Crippen LogP contribution is 2.25. The van der Waals surface area contributed by atoms with Gasteiger partial charge in [-0.25, -0.2) is 0 Å². The molecule has 58 valence electrons. The van der Waals surface area contributed by atoms with Gasteiger partial charge in [-0.15, -0.1) is 0 Å². The molecule has 0 aromatic carbocycles. The number of hydrogen-bond acceptors (Lipinski definition) is 1. The summed E-state index contributed by atoms with van der Waals surface area (Å²) in [5, 5.41) is 0. The predicted molar refractivity (Wildman–Crippen MR) is 43.9 cm³/mol. The van der Waals surface area contributed by atoms with Crippen molar-refractivity contribution in [2.75, 3.05) is 0 Å². The number of alkyl halides is 1. The molecule has 3 heteroatoms. The number of halogens is 1. The fraction of sp³-hybridized carbons (Fsp3) is 0.857. The Hall–Kier alpha value is -0.0500. The minimum atomic E-state index is 0.275. The molecule has 0 saturated carbocycles. The summed E-state index contributed by atoms with van der Waals surface area (Å²) in [5.41, 5.74) is 0. The van der Waals surface area contributed by atoms with Gasteiger partial charge in [-0.2, -0.15) is 0 Å². The third-order valence-electron chi connectivity index (χ3n) is 1.74. The van der Waals surface area contributed by atoms with Crippen LogP contribution in [0.3, 0.4) is 0 Å². The minimum absolute atomic E-state index is 0.275. The molecular weight excluding hydrogens is 194 g/mol. The van der Waals surface area contributed by atoms with Crippen molar-refractivity contribution in [2.45, 2.75) is 37.7 Å². The topological polar surface area (TPSA) is 20.3 Å². The molecule has 0 N–H and O–H groups in total. The first-order chi connectivity index (χ1) is 4.63. The van der Waals surface area contributed by atoms with Crippen molar-refractivity contribution in [1.82, 2.24) is 4.90 Å². The molecule has 1 unspecified atom stereocenters. The van der Waals surface area contributed by atoms with Gasteiger partial charge in [-0.1, -0.05) is 15.9 Å². The van der Waals surface area contributed by atoms with E-state index >= 15 is 0 Å². The first kappa shape index (κ1) is 8.05. The Morgan fingerprint density at radius 1 is 1.70 bits per heavy atom. The maximum absolute atomic E-state index is 11.1. The minimum Gasteiger partial charge on any atom is -0.328 e. The van der Waals surface area contributed by atoms with Gasteiger partial charge < -0.3 is 4.90 Å². The van der Waals surface area contributed by atoms with Crippen LogP contribution < -0.4 is 0 Å². The SMILES string of the molecule is CC(C)N1C(=O)CCC1Br. The summed E-state index contributed by atoms with van der Waals surface area (Å²) in [6, 6.07) is 0.333. The van der Waals surface area contributed by atoms with Gasteiger partial charge >= 0.3 is 0 Å². The Labute approximate surface area is 69.7 Å². The number of hydrogen-bond donors (Lipinski definition) is 0. The number of amides is 1. The van der Waals surface area contributed by atoms with Gasteiger partial charge in [-0.3, -0.25) is 4.79 Å². The molecule has 1 rings (SSSR count). The lowest BCUT2D eigenvalue weighted by Crippen LogP contribution is -2.35. The van der Waals surface area contributed by atoms with Crippen molar-refractivity contribution in [1.29, 1.82) is 0 Å². The lowest BCUT2D eigenvalue weighted by Gasteiger charge is -2.24. The summed E-state index contributed by atoms with van der Waals surface area (Å²) in [7, 11) is 0. The van der Waals surface area contributed by atoms with Crippen molar-refractivity contribution >= 4 is 21.8 Å². The molecule has 1 aliphatic rings. The molecular formula is C7H12BrNO. The quantitative estimate of drug-likeness (QED) is 0.472. The van der Waals surface area contributed by atoms with E-state index < -0.39 is 0 Å². The van der Waals surface area contributed by atoms with Crippen LogP contribution in [0.5, 0.6) is 0 Å². The zero-order valence-electron chi connectivity index (χ0n) is 6.30. The van der Waals surface area contributed by atoms with Crippen LogP contribution in [-0.2, 0) is 4.79 Å². The number of likely N-dealkylation sites (tertiary alicyclic amines) is 1. The van der Waals surface area contributed by atoms with Gasteiger partial charge in [0.25, 0.3) is 0 Å². The van der Waals surface area contributed by atoms with Gasteiger partial charge in [0.2, 0.25) is 5.91 Å². The van der Waals surface area contributed by atoms with Crippen LogP contribution in [0.4, 0.5) is 0 Å². The molecule has 1 amide bonds. The van der Waals surface area contributed by atoms with Crippen LogP contribution in [0.1, 0.15) is 26.7 Å². The van der Waals surface area contributed by atoms with Crippen molar-refractivity contribution in [3.8, 4) is 0 Å². The van der Waals surface area contributed by atoms with E-state index in [4.69, 9.17) is 0 Å². The molecule has 1 aliphatic heterocycles. The number of carbonyl (C=O) groups is 1. The van der Waals surface area contributed by atoms with Crippen molar-refractivity contribution in [3.63, 3.8) is 0 Å². The fourth-order valence-corrected chi connectivity index (χ4v) is 2.21. The van der Waals surface area contributed by atoms with Crippen LogP contribution in [0.2, 0.25) is 0 Å². The molecule has 10 heavy (non-hydrogen) atoms. The zero-order chi connectivity index (χ0) is 7.72. The van der Waals surface area contributed by atoms with Crippen LogP contribution in [-0.4, -0.2) is 21.8 Å². The fourth-order valence-electron chi connectivity index (χ4n) is 1.28. The Morgan fingerprint density at radius 3 is 2.50 bits per heavy atom. The normalized spacial score (nSPS) is 26.6. The second kappa shape index (κ2) is 2.91. The summed E-state index contributed by atoms with van der Waals surface area (Å²) < 4.78 is 0. The third kappa shape index (κ3) is 1.34. The summed E-state index contributed by atoms with van der Waals surface area (Å²) in [4.78, 5) is 13.3. The van der Waals surface area contributed by atoms with Gasteiger partial charge in [0.15, 0.2) is 0 Å². The molecule has 0 spiro atoms. The molecule has 0 aromatic rings. The second-order valence-corrected chi connectivity index (χ2v) is 3.92. The summed E-state index contributed by atoms with van der Waals surface area (Å²) in [6.45, 7) is 4.08. The smallest absolute Gasteiger partial charge is 0.223 e. The average molecular weight is 206 g/mol. The van der Waals surface area contributed by atoms with Crippen LogP contribution in [0.15, 0.2) is 0 Å². The lowest BCUT2D eigenvalue weighted by molar-refractivity contribution is -0.129. The molecule has 0 radical (unpaired) electrons. The molecule has 1 saturated heterocycles. The Bertz CT molecular complexity index is 147. The van der Waals surface area contributed by atoms with E-state index in [1.54, 1.807) is 0 Å². The van der Waals surface area contributed by atoms with E-state index in [0.29, 0.717) is 12.5 Å². The molecule has 2 nitrogen and oxygen atoms in total. The molecule has 1 atom stereocenters. The van der Waals surface area contributed by atoms with Gasteiger partial charge in [0.1, 0.15) is 0 Å². The predicted octanol–water partition coefficient (Wildman–Crippen LogP) is 1.74. The van der Waals surface area contributed by atoms with Crippen molar-refractivity contribution in [3.05, 3.63) is 0 Å². The van der Waals surface area contributed by atoms with Crippen molar-refractivity contribution in [2.24, 2.45) is 0 Å². The van der Waals surface area contributed by atoms with Crippen LogP contribution >= 0.6 is 15.9 Å². The Morgan fingerprint density at radius 2 is 2.30 bits per heavy atom. The molecule has 1 heterocycles. The largest absolute Gasteiger partial charge is 0.328 e. The number of nitrogens with zero attached hydrogens (tertiary/aromatic N) is 1. The van der Waals surface area contributed by atoms with Gasteiger partial charge in [-0.05, 0) is 20.3 Å². The highest BCUT2D eigenvalue weighted by molar-refractivity contribution is 9.09. The number of rotatable bonds is 1. The summed E-state index contributed by atoms with van der Waals surface area (Å²) in [5.74, 6) is 0.275. The van der Waals surface area contributed by atoms with E-state index in [1.807, 2.05) is 18.7 Å². The summed E-state index contributed by atoms with van der Waals surface area (Å²) in [6.07, 6.45) is 1.66. The summed E-state index contributed by atoms with van der Waals surface area (Å²) >= 11 is 3.45. The van der Waals surface area contributed by atoms with E-state index in [-0.39, 0.29) is 10.9 Å². The monoisotopic (exact) mass is 205 g/mol. The zero-order valence-corrected chi connectivity index (χ0v) is 7.89. The Kier molecular flexibility index (Phi) is 2.34. The maximum Gasteiger partial charge on any atom is 0.223 e. The number of carbonyl (C=O) groups excluding carboxylic acids is 1. The molecule has 0 bridgehead atoms. The Balaban J connectivity index is 2.63. The second-order valence-electron chi connectivity index (χ2n) is 2.87. The standard InChI is InChI=1S/C7H12BrNO/c1-5(2)9-6(8)3-4-7(9)10/h5-6H,3-4H2,1-2H3. The van der Waals surface area contributed by atoms with Crippen LogP contribution in [0.25, 0.3) is 0 Å². The average Bonchev–Trinajstić information content (AvgIpc) is 2.11. The van der Waals surface area contributed by atoms with E-state index in [1.165, 1.54) is 0 Å². The van der Waals surface area contributed by atoms with Crippen LogP contribution in [0, 0.1) is 0 Å². The van der Waals surface area contributed by atoms with E-state index in [0.717, 1.165) is 6.42 Å². The molecule has 1 fully saturated rings.